The highest BCUT2D eigenvalue weighted by Gasteiger charge is 2.31. The molecule has 4 aromatic rings. The molecule has 0 saturated heterocycles. The lowest BCUT2D eigenvalue weighted by Gasteiger charge is -2.13. The first-order valence-electron chi connectivity index (χ1n) is 8.79. The second-order valence-electron chi connectivity index (χ2n) is 6.42. The van der Waals surface area contributed by atoms with Gasteiger partial charge >= 0.3 is 6.18 Å². The molecule has 13 heteroatoms. The lowest BCUT2D eigenvalue weighted by Crippen LogP contribution is -2.25. The first kappa shape index (κ1) is 20.7. The van der Waals surface area contributed by atoms with Crippen LogP contribution in [0.4, 0.5) is 13.2 Å². The third-order valence-electron chi connectivity index (χ3n) is 4.53. The zero-order valence-electron chi connectivity index (χ0n) is 15.8. The average molecular weight is 450 g/mol. The number of fused-ring (bicyclic) bond motifs is 1. The molecule has 0 spiro atoms. The van der Waals surface area contributed by atoms with Crippen LogP contribution in [0.15, 0.2) is 59.0 Å². The second kappa shape index (κ2) is 7.27. The van der Waals surface area contributed by atoms with E-state index < -0.39 is 27.1 Å². The van der Waals surface area contributed by atoms with E-state index in [-0.39, 0.29) is 32.9 Å². The van der Waals surface area contributed by atoms with E-state index in [1.807, 2.05) is 0 Å². The molecule has 0 unspecified atom stereocenters. The molecule has 0 aliphatic rings. The van der Waals surface area contributed by atoms with Gasteiger partial charge in [0.2, 0.25) is 0 Å². The number of halogens is 3. The molecular weight excluding hydrogens is 437 g/mol. The van der Waals surface area contributed by atoms with Gasteiger partial charge in [0.05, 0.1) is 34.8 Å². The van der Waals surface area contributed by atoms with Crippen LogP contribution in [0.5, 0.6) is 0 Å². The Labute approximate surface area is 172 Å². The van der Waals surface area contributed by atoms with Gasteiger partial charge < -0.3 is 0 Å². The number of rotatable bonds is 4. The minimum absolute atomic E-state index is 0.174. The summed E-state index contributed by atoms with van der Waals surface area (Å²) < 4.78 is 66.6. The van der Waals surface area contributed by atoms with Crippen LogP contribution in [-0.4, -0.2) is 43.7 Å². The summed E-state index contributed by atoms with van der Waals surface area (Å²) in [7, 11) is -3.90. The highest BCUT2D eigenvalue weighted by molar-refractivity contribution is 7.91. The van der Waals surface area contributed by atoms with Gasteiger partial charge in [0, 0.05) is 5.39 Å². The van der Waals surface area contributed by atoms with Crippen LogP contribution in [0.1, 0.15) is 12.5 Å². The van der Waals surface area contributed by atoms with Crippen molar-refractivity contribution in [3.05, 3.63) is 65.2 Å². The Morgan fingerprint density at radius 1 is 1.10 bits per heavy atom. The smallest absolute Gasteiger partial charge is 0.267 e. The Kier molecular flexibility index (Phi) is 4.84. The highest BCUT2D eigenvalue weighted by Crippen LogP contribution is 2.30. The lowest BCUT2D eigenvalue weighted by molar-refractivity contribution is -0.137. The molecule has 0 fully saturated rings. The van der Waals surface area contributed by atoms with Crippen molar-refractivity contribution in [1.29, 1.82) is 0 Å². The molecule has 9 nitrogen and oxygen atoms in total. The maximum Gasteiger partial charge on any atom is 0.416 e. The van der Waals surface area contributed by atoms with Crippen molar-refractivity contribution in [1.82, 2.24) is 29.5 Å². The Balaban J connectivity index is 1.99. The van der Waals surface area contributed by atoms with Crippen molar-refractivity contribution < 1.29 is 21.6 Å². The van der Waals surface area contributed by atoms with Gasteiger partial charge in [-0.05, 0) is 18.2 Å². The Bertz CT molecular complexity index is 1450. The van der Waals surface area contributed by atoms with E-state index in [2.05, 4.69) is 20.2 Å². The lowest BCUT2D eigenvalue weighted by atomic mass is 10.1. The SMILES string of the molecule is CCS(=O)(=O)c1cc(-n2cncn2)cnc1-n1ncc2ccc(C(F)(F)F)cc2c1=O. The quantitative estimate of drug-likeness (QED) is 0.468. The monoisotopic (exact) mass is 450 g/mol. The van der Waals surface area contributed by atoms with Crippen LogP contribution in [0, 0.1) is 0 Å². The molecule has 0 amide bonds. The molecule has 0 aliphatic carbocycles. The van der Waals surface area contributed by atoms with Crippen LogP contribution < -0.4 is 5.56 Å². The summed E-state index contributed by atoms with van der Waals surface area (Å²) in [5.74, 6) is -0.627. The van der Waals surface area contributed by atoms with Crippen molar-refractivity contribution in [3.63, 3.8) is 0 Å². The fourth-order valence-corrected chi connectivity index (χ4v) is 3.93. The van der Waals surface area contributed by atoms with Crippen LogP contribution in [-0.2, 0) is 16.0 Å². The van der Waals surface area contributed by atoms with Gasteiger partial charge in [0.15, 0.2) is 15.7 Å². The molecule has 4 rings (SSSR count). The number of benzene rings is 1. The van der Waals surface area contributed by atoms with Crippen molar-refractivity contribution in [2.24, 2.45) is 0 Å². The van der Waals surface area contributed by atoms with E-state index in [9.17, 15) is 26.4 Å². The Hall–Kier alpha value is -3.61. The first-order chi connectivity index (χ1) is 14.6. The van der Waals surface area contributed by atoms with Gasteiger partial charge in [0.1, 0.15) is 17.6 Å². The molecule has 3 heterocycles. The van der Waals surface area contributed by atoms with Gasteiger partial charge in [-0.1, -0.05) is 13.0 Å². The topological polar surface area (TPSA) is 113 Å². The van der Waals surface area contributed by atoms with E-state index in [1.165, 1.54) is 42.7 Å². The van der Waals surface area contributed by atoms with Gasteiger partial charge in [-0.3, -0.25) is 4.79 Å². The second-order valence-corrected chi connectivity index (χ2v) is 8.67. The Morgan fingerprint density at radius 2 is 1.87 bits per heavy atom. The normalized spacial score (nSPS) is 12.4. The molecule has 0 atom stereocenters. The summed E-state index contributed by atoms with van der Waals surface area (Å²) >= 11 is 0. The Morgan fingerprint density at radius 3 is 2.52 bits per heavy atom. The van der Waals surface area contributed by atoms with Crippen LogP contribution in [0.3, 0.4) is 0 Å². The van der Waals surface area contributed by atoms with E-state index in [0.717, 1.165) is 12.1 Å². The zero-order valence-corrected chi connectivity index (χ0v) is 16.6. The standard InChI is InChI=1S/C18H13F3N6O3S/c1-2-31(29,30)15-6-13(26-10-22-9-25-26)8-23-16(15)27-17(28)14-5-12(18(19,20)21)4-3-11(14)7-24-27/h3-10H,2H2,1H3. The van der Waals surface area contributed by atoms with Gasteiger partial charge in [-0.25, -0.2) is 23.1 Å². The number of alkyl halides is 3. The summed E-state index contributed by atoms with van der Waals surface area (Å²) in [6, 6.07) is 3.92. The van der Waals surface area contributed by atoms with Crippen LogP contribution >= 0.6 is 0 Å². The van der Waals surface area contributed by atoms with Gasteiger partial charge in [-0.2, -0.15) is 28.1 Å². The number of nitrogens with zero attached hydrogens (tertiary/aromatic N) is 6. The summed E-state index contributed by atoms with van der Waals surface area (Å²) in [4.78, 5) is 20.5. The third kappa shape index (κ3) is 3.67. The van der Waals surface area contributed by atoms with Crippen molar-refractivity contribution in [3.8, 4) is 11.5 Å². The molecule has 0 N–H and O–H groups in total. The van der Waals surface area contributed by atoms with E-state index in [0.29, 0.717) is 10.7 Å². The minimum Gasteiger partial charge on any atom is -0.267 e. The summed E-state index contributed by atoms with van der Waals surface area (Å²) in [5.41, 5.74) is -1.68. The maximum atomic E-state index is 13.1. The zero-order chi connectivity index (χ0) is 22.4. The van der Waals surface area contributed by atoms with E-state index in [4.69, 9.17) is 0 Å². The van der Waals surface area contributed by atoms with E-state index in [1.54, 1.807) is 0 Å². The highest BCUT2D eigenvalue weighted by atomic mass is 32.2. The van der Waals surface area contributed by atoms with Crippen molar-refractivity contribution in [2.45, 2.75) is 18.0 Å². The number of sulfone groups is 1. The van der Waals surface area contributed by atoms with Crippen LogP contribution in [0.2, 0.25) is 0 Å². The van der Waals surface area contributed by atoms with Crippen LogP contribution in [0.25, 0.3) is 22.3 Å². The van der Waals surface area contributed by atoms with E-state index >= 15 is 0 Å². The molecule has 0 aliphatic heterocycles. The predicted molar refractivity (Wildman–Crippen MR) is 103 cm³/mol. The van der Waals surface area contributed by atoms with Gasteiger partial charge in [-0.15, -0.1) is 0 Å². The molecule has 0 saturated carbocycles. The molecular formula is C18H13F3N6O3S. The average Bonchev–Trinajstić information content (AvgIpc) is 3.28. The summed E-state index contributed by atoms with van der Waals surface area (Å²) in [5, 5.41) is 7.74. The van der Waals surface area contributed by atoms with Crippen molar-refractivity contribution in [2.75, 3.05) is 5.75 Å². The largest absolute Gasteiger partial charge is 0.416 e. The minimum atomic E-state index is -4.65. The fraction of sp³-hybridized carbons (Fsp3) is 0.167. The molecule has 160 valence electrons. The third-order valence-corrected chi connectivity index (χ3v) is 6.26. The molecule has 0 bridgehead atoms. The predicted octanol–water partition coefficient (Wildman–Crippen LogP) is 2.17. The number of hydrogen-bond acceptors (Lipinski definition) is 7. The number of aromatic nitrogens is 6. The number of hydrogen-bond donors (Lipinski definition) is 0. The van der Waals surface area contributed by atoms with Gasteiger partial charge in [0.25, 0.3) is 5.56 Å². The fourth-order valence-electron chi connectivity index (χ4n) is 2.91. The molecule has 31 heavy (non-hydrogen) atoms. The maximum absolute atomic E-state index is 13.1. The first-order valence-corrected chi connectivity index (χ1v) is 10.4. The summed E-state index contributed by atoms with van der Waals surface area (Å²) in [6.45, 7) is 1.41. The summed E-state index contributed by atoms with van der Waals surface area (Å²) in [6.07, 6.45) is 0.353. The molecule has 0 radical (unpaired) electrons. The molecule has 1 aromatic carbocycles. The van der Waals surface area contributed by atoms with Crippen molar-refractivity contribution >= 4 is 20.6 Å². The molecule has 3 aromatic heterocycles. The number of pyridine rings is 1.